The van der Waals surface area contributed by atoms with Gasteiger partial charge in [-0.15, -0.1) is 0 Å². The van der Waals surface area contributed by atoms with Crippen LogP contribution in [0.3, 0.4) is 0 Å². The van der Waals surface area contributed by atoms with E-state index in [2.05, 4.69) is 26.1 Å². The van der Waals surface area contributed by atoms with Crippen LogP contribution in [0, 0.1) is 6.92 Å². The van der Waals surface area contributed by atoms with E-state index in [1.165, 1.54) is 0 Å². The Morgan fingerprint density at radius 3 is 2.81 bits per heavy atom. The van der Waals surface area contributed by atoms with Gasteiger partial charge >= 0.3 is 0 Å². The summed E-state index contributed by atoms with van der Waals surface area (Å²) in [7, 11) is 0. The number of nitrogens with two attached hydrogens (primary N) is 1. The molecule has 0 bridgehead atoms. The van der Waals surface area contributed by atoms with Crippen LogP contribution in [0.25, 0.3) is 0 Å². The van der Waals surface area contributed by atoms with Crippen LogP contribution in [0.4, 0.5) is 0 Å². The van der Waals surface area contributed by atoms with Crippen molar-refractivity contribution in [2.45, 2.75) is 46.3 Å². The van der Waals surface area contributed by atoms with Crippen molar-refractivity contribution in [3.05, 3.63) is 39.4 Å². The molecule has 1 aromatic carbocycles. The van der Waals surface area contributed by atoms with E-state index in [9.17, 15) is 0 Å². The smallest absolute Gasteiger partial charge is 0.264 e. The first kappa shape index (κ1) is 16.0. The molecule has 0 aliphatic rings. The second kappa shape index (κ2) is 7.04. The number of aryl methyl sites for hydroxylation is 2. The van der Waals surface area contributed by atoms with Crippen molar-refractivity contribution < 1.29 is 9.26 Å². The number of nitrogens with zero attached hydrogens (tertiary/aromatic N) is 2. The molecule has 1 aromatic heterocycles. The molecule has 21 heavy (non-hydrogen) atoms. The third kappa shape index (κ3) is 4.28. The highest BCUT2D eigenvalue weighted by Gasteiger charge is 2.13. The molecule has 0 radical (unpaired) electrons. The fraction of sp³-hybridized carbons (Fsp3) is 0.467. The molecule has 0 aliphatic heterocycles. The predicted molar refractivity (Wildman–Crippen MR) is 84.2 cm³/mol. The van der Waals surface area contributed by atoms with Gasteiger partial charge in [-0.1, -0.05) is 28.0 Å². The maximum Gasteiger partial charge on any atom is 0.264 e. The highest BCUT2D eigenvalue weighted by molar-refractivity contribution is 9.10. The molecule has 6 heteroatoms. The van der Waals surface area contributed by atoms with Gasteiger partial charge < -0.3 is 15.0 Å². The summed E-state index contributed by atoms with van der Waals surface area (Å²) in [5.74, 6) is 2.02. The SMILES string of the molecule is CCc1noc(COc2c(C)cc(Br)cc2CC(C)N)n1. The van der Waals surface area contributed by atoms with Crippen LogP contribution in [0.1, 0.15) is 36.7 Å². The zero-order chi connectivity index (χ0) is 15.4. The van der Waals surface area contributed by atoms with Gasteiger partial charge in [0.25, 0.3) is 5.89 Å². The Hall–Kier alpha value is -1.40. The predicted octanol–water partition coefficient (Wildman–Crippen LogP) is 3.17. The molecule has 2 aromatic rings. The highest BCUT2D eigenvalue weighted by Crippen LogP contribution is 2.29. The van der Waals surface area contributed by atoms with E-state index in [1.54, 1.807) is 0 Å². The average molecular weight is 354 g/mol. The summed E-state index contributed by atoms with van der Waals surface area (Å²) in [6, 6.07) is 4.12. The van der Waals surface area contributed by atoms with E-state index in [1.807, 2.05) is 32.9 Å². The number of rotatable bonds is 6. The van der Waals surface area contributed by atoms with E-state index < -0.39 is 0 Å². The molecular formula is C15H20BrN3O2. The summed E-state index contributed by atoms with van der Waals surface area (Å²) in [4.78, 5) is 4.24. The minimum absolute atomic E-state index is 0.0659. The van der Waals surface area contributed by atoms with Gasteiger partial charge in [0.1, 0.15) is 5.75 Å². The van der Waals surface area contributed by atoms with Gasteiger partial charge in [-0.3, -0.25) is 0 Å². The molecule has 1 atom stereocenters. The van der Waals surface area contributed by atoms with Crippen LogP contribution < -0.4 is 10.5 Å². The minimum Gasteiger partial charge on any atom is -0.483 e. The van der Waals surface area contributed by atoms with Gasteiger partial charge in [-0.2, -0.15) is 4.98 Å². The van der Waals surface area contributed by atoms with Crippen molar-refractivity contribution >= 4 is 15.9 Å². The monoisotopic (exact) mass is 353 g/mol. The summed E-state index contributed by atoms with van der Waals surface area (Å²) in [5, 5.41) is 3.86. The topological polar surface area (TPSA) is 74.2 Å². The van der Waals surface area contributed by atoms with Crippen LogP contribution in [0.2, 0.25) is 0 Å². The fourth-order valence-corrected chi connectivity index (χ4v) is 2.75. The van der Waals surface area contributed by atoms with Crippen molar-refractivity contribution in [3.63, 3.8) is 0 Å². The van der Waals surface area contributed by atoms with Crippen molar-refractivity contribution in [2.75, 3.05) is 0 Å². The average Bonchev–Trinajstić information content (AvgIpc) is 2.84. The molecule has 0 saturated carbocycles. The molecule has 2 N–H and O–H groups in total. The normalized spacial score (nSPS) is 12.4. The molecule has 114 valence electrons. The first-order valence-electron chi connectivity index (χ1n) is 6.98. The van der Waals surface area contributed by atoms with Crippen LogP contribution >= 0.6 is 15.9 Å². The number of benzene rings is 1. The fourth-order valence-electron chi connectivity index (χ4n) is 2.13. The van der Waals surface area contributed by atoms with E-state index >= 15 is 0 Å². The van der Waals surface area contributed by atoms with Crippen molar-refractivity contribution in [3.8, 4) is 5.75 Å². The van der Waals surface area contributed by atoms with Crippen LogP contribution in [0.5, 0.6) is 5.75 Å². The molecule has 0 aliphatic carbocycles. The Bertz CT molecular complexity index is 611. The maximum absolute atomic E-state index is 5.91. The lowest BCUT2D eigenvalue weighted by Gasteiger charge is -2.15. The van der Waals surface area contributed by atoms with Gasteiger partial charge in [0.2, 0.25) is 0 Å². The van der Waals surface area contributed by atoms with E-state index in [-0.39, 0.29) is 12.6 Å². The standard InChI is InChI=1S/C15H20BrN3O2/c1-4-13-18-14(21-19-13)8-20-15-9(2)5-12(16)7-11(15)6-10(3)17/h5,7,10H,4,6,8,17H2,1-3H3. The zero-order valence-electron chi connectivity index (χ0n) is 12.5. The number of halogens is 1. The summed E-state index contributed by atoms with van der Waals surface area (Å²) >= 11 is 3.51. The molecule has 2 rings (SSSR count). The first-order chi connectivity index (χ1) is 9.99. The molecular weight excluding hydrogens is 334 g/mol. The van der Waals surface area contributed by atoms with Gasteiger partial charge in [-0.05, 0) is 43.5 Å². The second-order valence-electron chi connectivity index (χ2n) is 5.14. The van der Waals surface area contributed by atoms with Crippen molar-refractivity contribution in [2.24, 2.45) is 5.73 Å². The molecule has 0 amide bonds. The largest absolute Gasteiger partial charge is 0.483 e. The first-order valence-corrected chi connectivity index (χ1v) is 7.77. The van der Waals surface area contributed by atoms with Crippen molar-refractivity contribution in [1.29, 1.82) is 0 Å². The molecule has 0 saturated heterocycles. The van der Waals surface area contributed by atoms with E-state index in [0.717, 1.165) is 34.2 Å². The second-order valence-corrected chi connectivity index (χ2v) is 6.05. The van der Waals surface area contributed by atoms with Gasteiger partial charge in [-0.25, -0.2) is 0 Å². The minimum atomic E-state index is 0.0659. The molecule has 0 fully saturated rings. The van der Waals surface area contributed by atoms with Crippen LogP contribution in [-0.2, 0) is 19.4 Å². The van der Waals surface area contributed by atoms with E-state index in [0.29, 0.717) is 11.7 Å². The van der Waals surface area contributed by atoms with Gasteiger partial charge in [0.15, 0.2) is 12.4 Å². The Morgan fingerprint density at radius 2 is 2.19 bits per heavy atom. The Balaban J connectivity index is 2.17. The summed E-state index contributed by atoms with van der Waals surface area (Å²) in [6.45, 7) is 6.23. The van der Waals surface area contributed by atoms with Crippen LogP contribution in [0.15, 0.2) is 21.1 Å². The Kier molecular flexibility index (Phi) is 5.36. The summed E-state index contributed by atoms with van der Waals surface area (Å²) in [6.07, 6.45) is 1.50. The van der Waals surface area contributed by atoms with E-state index in [4.69, 9.17) is 15.0 Å². The summed E-state index contributed by atoms with van der Waals surface area (Å²) < 4.78 is 12.1. The Labute approximate surface area is 133 Å². The number of hydrogen-bond donors (Lipinski definition) is 1. The lowest BCUT2D eigenvalue weighted by molar-refractivity contribution is 0.239. The summed E-state index contributed by atoms with van der Waals surface area (Å²) in [5.41, 5.74) is 8.04. The number of ether oxygens (including phenoxy) is 1. The number of hydrogen-bond acceptors (Lipinski definition) is 5. The third-order valence-corrected chi connectivity index (χ3v) is 3.48. The quantitative estimate of drug-likeness (QED) is 0.863. The third-order valence-electron chi connectivity index (χ3n) is 3.02. The molecule has 1 unspecified atom stereocenters. The van der Waals surface area contributed by atoms with Gasteiger partial charge in [0.05, 0.1) is 0 Å². The number of aromatic nitrogens is 2. The molecule has 0 spiro atoms. The highest BCUT2D eigenvalue weighted by atomic mass is 79.9. The van der Waals surface area contributed by atoms with Crippen molar-refractivity contribution in [1.82, 2.24) is 10.1 Å². The lowest BCUT2D eigenvalue weighted by Crippen LogP contribution is -2.18. The molecule has 5 nitrogen and oxygen atoms in total. The Morgan fingerprint density at radius 1 is 1.43 bits per heavy atom. The van der Waals surface area contributed by atoms with Crippen LogP contribution in [-0.4, -0.2) is 16.2 Å². The molecule has 1 heterocycles. The lowest BCUT2D eigenvalue weighted by atomic mass is 10.0. The van der Waals surface area contributed by atoms with Gasteiger partial charge in [0, 0.05) is 16.9 Å². The maximum atomic E-state index is 5.91. The zero-order valence-corrected chi connectivity index (χ0v) is 14.1.